The lowest BCUT2D eigenvalue weighted by atomic mass is 10.0. The van der Waals surface area contributed by atoms with Gasteiger partial charge in [0.15, 0.2) is 0 Å². The summed E-state index contributed by atoms with van der Waals surface area (Å²) in [7, 11) is -4.67. The summed E-state index contributed by atoms with van der Waals surface area (Å²) in [6.07, 6.45) is 1.17. The number of fused-ring (bicyclic) bond motifs is 3. The van der Waals surface area contributed by atoms with Crippen molar-refractivity contribution in [2.75, 3.05) is 6.54 Å². The molecule has 5 atom stereocenters. The Labute approximate surface area is 329 Å². The lowest BCUT2D eigenvalue weighted by Crippen LogP contribution is -2.58. The van der Waals surface area contributed by atoms with Gasteiger partial charge in [0.25, 0.3) is 5.91 Å². The predicted octanol–water partition coefficient (Wildman–Crippen LogP) is 4.68. The van der Waals surface area contributed by atoms with E-state index in [4.69, 9.17) is 9.47 Å². The average molecular weight is 820 g/mol. The molecule has 3 heterocycles. The molecule has 3 N–H and O–H groups in total. The number of sulfonamides is 1. The van der Waals surface area contributed by atoms with Crippen LogP contribution in [0.2, 0.25) is 0 Å². The molecule has 3 fully saturated rings. The molecule has 0 unspecified atom stereocenters. The van der Waals surface area contributed by atoms with E-state index in [1.54, 1.807) is 26.8 Å². The second kappa shape index (κ2) is 16.5. The van der Waals surface area contributed by atoms with Crippen molar-refractivity contribution < 1.29 is 55.0 Å². The Bertz CT molecular complexity index is 2010. The molecule has 14 nitrogen and oxygen atoms in total. The fraction of sp³-hybridized carbons (Fsp3) is 0.564. The first kappa shape index (κ1) is 41.8. The van der Waals surface area contributed by atoms with Crippen LogP contribution >= 0.6 is 0 Å². The molecule has 1 aliphatic carbocycles. The highest BCUT2D eigenvalue weighted by Gasteiger charge is 2.62. The normalized spacial score (nSPS) is 25.5. The number of carbonyl (C=O) groups is 5. The number of hydrogen-bond acceptors (Lipinski definition) is 9. The molecular formula is C39H48F3N5O9S. The van der Waals surface area contributed by atoms with Gasteiger partial charge in [0.2, 0.25) is 21.8 Å². The Balaban J connectivity index is 1.25. The molecule has 5 amide bonds. The zero-order valence-corrected chi connectivity index (χ0v) is 32.9. The number of amides is 5. The summed E-state index contributed by atoms with van der Waals surface area (Å²) in [5.74, 6) is -6.95. The van der Waals surface area contributed by atoms with Crippen molar-refractivity contribution in [3.05, 3.63) is 70.5 Å². The minimum Gasteiger partial charge on any atom is -0.444 e. The number of nitrogens with one attached hydrogen (secondary N) is 3. The summed E-state index contributed by atoms with van der Waals surface area (Å²) in [4.78, 5) is 71.3. The summed E-state index contributed by atoms with van der Waals surface area (Å²) < 4.78 is 82.6. The SMILES string of the molecule is CC(C)(C)OC(=O)N[C@H]1CCCCCCC[C@@H]2C[C@@]2(C(=O)NS(=O)(=O)Cc2c(F)cccc2F)NC(=O)[C@@H]2C[C@@H](OC(=O)N3Cc4cccc(F)c4C3)CN2C1=O. The van der Waals surface area contributed by atoms with Gasteiger partial charge >= 0.3 is 12.2 Å². The fourth-order valence-corrected chi connectivity index (χ4v) is 9.07. The summed E-state index contributed by atoms with van der Waals surface area (Å²) in [5, 5.41) is 5.35. The first-order chi connectivity index (χ1) is 26.9. The topological polar surface area (TPSA) is 181 Å². The lowest BCUT2D eigenvalue weighted by Gasteiger charge is -2.30. The van der Waals surface area contributed by atoms with Crippen LogP contribution in [-0.2, 0) is 52.7 Å². The molecule has 3 aliphatic heterocycles. The van der Waals surface area contributed by atoms with Gasteiger partial charge in [-0.1, -0.05) is 50.3 Å². The molecule has 2 aromatic carbocycles. The minimum absolute atomic E-state index is 0.0481. The second-order valence-electron chi connectivity index (χ2n) is 16.3. The van der Waals surface area contributed by atoms with Crippen LogP contribution in [0, 0.1) is 23.4 Å². The van der Waals surface area contributed by atoms with Gasteiger partial charge in [0.1, 0.15) is 52.5 Å². The number of rotatable bonds is 6. The van der Waals surface area contributed by atoms with Crippen molar-refractivity contribution in [2.24, 2.45) is 5.92 Å². The quantitative estimate of drug-likeness (QED) is 0.373. The van der Waals surface area contributed by atoms with E-state index >= 15 is 0 Å². The molecule has 18 heteroatoms. The fourth-order valence-electron chi connectivity index (χ4n) is 7.88. The molecule has 4 aliphatic rings. The lowest BCUT2D eigenvalue weighted by molar-refractivity contribution is -0.141. The Morgan fingerprint density at radius 2 is 1.58 bits per heavy atom. The molecule has 6 rings (SSSR count). The standard InChI is InChI=1S/C39H48F3N5O9S/c1-38(2,3)56-36(51)43-31-16-8-6-4-5-7-12-24-18-39(24,35(50)45-57(53,54)22-27-29(41)14-10-15-30(27)42)44-33(48)32-17-25(20-47(32)34(31)49)55-37(52)46-19-23-11-9-13-28(40)26(23)21-46/h9-11,13-15,24-25,31-32H,4-8,12,16-22H2,1-3H3,(H,43,51)(H,44,48)(H,45,50)/t24-,25-,31+,32+,39-/m1/s1. The summed E-state index contributed by atoms with van der Waals surface area (Å²) in [5.41, 5.74) is -2.41. The first-order valence-corrected chi connectivity index (χ1v) is 20.8. The van der Waals surface area contributed by atoms with Gasteiger partial charge in [-0.15, -0.1) is 0 Å². The Hall–Kier alpha value is -4.87. The van der Waals surface area contributed by atoms with E-state index in [0.29, 0.717) is 36.8 Å². The Morgan fingerprint density at radius 3 is 2.26 bits per heavy atom. The molecule has 2 aromatic rings. The number of benzene rings is 2. The average Bonchev–Trinajstić information content (AvgIpc) is 3.40. The number of hydrogen-bond donors (Lipinski definition) is 3. The first-order valence-electron chi connectivity index (χ1n) is 19.2. The van der Waals surface area contributed by atoms with Gasteiger partial charge in [-0.05, 0) is 69.7 Å². The number of nitrogens with zero attached hydrogens (tertiary/aromatic N) is 2. The largest absolute Gasteiger partial charge is 0.444 e. The number of carbonyl (C=O) groups excluding carboxylic acids is 5. The van der Waals surface area contributed by atoms with Crippen LogP contribution in [0.15, 0.2) is 36.4 Å². The molecule has 1 saturated carbocycles. The maximum Gasteiger partial charge on any atom is 0.410 e. The minimum atomic E-state index is -4.67. The number of halogens is 3. The monoisotopic (exact) mass is 819 g/mol. The van der Waals surface area contributed by atoms with Crippen molar-refractivity contribution in [3.8, 4) is 0 Å². The van der Waals surface area contributed by atoms with Gasteiger partial charge in [-0.3, -0.25) is 24.0 Å². The van der Waals surface area contributed by atoms with Gasteiger partial charge in [0.05, 0.1) is 13.1 Å². The maximum absolute atomic E-state index is 14.5. The Kier molecular flexibility index (Phi) is 12.1. The van der Waals surface area contributed by atoms with E-state index in [2.05, 4.69) is 10.6 Å². The van der Waals surface area contributed by atoms with Crippen molar-refractivity contribution in [1.29, 1.82) is 0 Å². The van der Waals surface area contributed by atoms with Crippen LogP contribution in [-0.4, -0.2) is 84.0 Å². The molecule has 310 valence electrons. The Morgan fingerprint density at radius 1 is 0.930 bits per heavy atom. The van der Waals surface area contributed by atoms with Gasteiger partial charge in [-0.25, -0.2) is 31.2 Å². The molecule has 2 saturated heterocycles. The highest BCUT2D eigenvalue weighted by Crippen LogP contribution is 2.48. The molecule has 0 radical (unpaired) electrons. The van der Waals surface area contributed by atoms with Gasteiger partial charge in [0, 0.05) is 24.1 Å². The van der Waals surface area contributed by atoms with Crippen LogP contribution in [0.3, 0.4) is 0 Å². The summed E-state index contributed by atoms with van der Waals surface area (Å²) in [6, 6.07) is 4.89. The third-order valence-electron chi connectivity index (χ3n) is 10.8. The molecule has 0 spiro atoms. The molecular weight excluding hydrogens is 772 g/mol. The van der Waals surface area contributed by atoms with E-state index in [9.17, 15) is 45.6 Å². The number of ether oxygens (including phenoxy) is 2. The third-order valence-corrected chi connectivity index (χ3v) is 12.0. The van der Waals surface area contributed by atoms with Crippen molar-refractivity contribution in [3.63, 3.8) is 0 Å². The van der Waals surface area contributed by atoms with E-state index in [1.165, 1.54) is 21.9 Å². The van der Waals surface area contributed by atoms with Crippen LogP contribution in [0.5, 0.6) is 0 Å². The summed E-state index contributed by atoms with van der Waals surface area (Å²) >= 11 is 0. The smallest absolute Gasteiger partial charge is 0.410 e. The summed E-state index contributed by atoms with van der Waals surface area (Å²) in [6.45, 7) is 4.76. The van der Waals surface area contributed by atoms with Crippen molar-refractivity contribution in [2.45, 2.75) is 127 Å². The highest BCUT2D eigenvalue weighted by molar-refractivity contribution is 7.89. The highest BCUT2D eigenvalue weighted by atomic mass is 32.2. The van der Waals surface area contributed by atoms with Crippen molar-refractivity contribution in [1.82, 2.24) is 25.2 Å². The number of alkyl carbamates (subject to hydrolysis) is 1. The molecule has 0 bridgehead atoms. The third kappa shape index (κ3) is 9.82. The van der Waals surface area contributed by atoms with Gasteiger partial charge < -0.3 is 25.0 Å². The van der Waals surface area contributed by atoms with E-state index in [0.717, 1.165) is 31.0 Å². The molecule has 57 heavy (non-hydrogen) atoms. The zero-order valence-electron chi connectivity index (χ0n) is 32.1. The van der Waals surface area contributed by atoms with E-state index < -0.39 is 104 Å². The second-order valence-corrected chi connectivity index (χ2v) is 18.0. The van der Waals surface area contributed by atoms with Crippen LogP contribution in [0.4, 0.5) is 22.8 Å². The van der Waals surface area contributed by atoms with Crippen LogP contribution in [0.1, 0.15) is 95.2 Å². The zero-order chi connectivity index (χ0) is 41.3. The van der Waals surface area contributed by atoms with Gasteiger partial charge in [-0.2, -0.15) is 0 Å². The molecule has 0 aromatic heterocycles. The van der Waals surface area contributed by atoms with E-state index in [1.807, 2.05) is 4.72 Å². The van der Waals surface area contributed by atoms with E-state index in [-0.39, 0.29) is 38.9 Å². The van der Waals surface area contributed by atoms with Crippen LogP contribution < -0.4 is 15.4 Å². The van der Waals surface area contributed by atoms with Crippen LogP contribution in [0.25, 0.3) is 0 Å². The predicted molar refractivity (Wildman–Crippen MR) is 198 cm³/mol. The maximum atomic E-state index is 14.5. The van der Waals surface area contributed by atoms with Crippen molar-refractivity contribution >= 4 is 39.9 Å².